The third-order valence-corrected chi connectivity index (χ3v) is 4.01. The van der Waals surface area contributed by atoms with Gasteiger partial charge in [0.15, 0.2) is 0 Å². The van der Waals surface area contributed by atoms with Crippen LogP contribution in [0.4, 0.5) is 0 Å². The monoisotopic (exact) mass is 264 g/mol. The molecule has 1 saturated carbocycles. The number of hydrogen-bond donors (Lipinski definition) is 1. The van der Waals surface area contributed by atoms with Crippen LogP contribution in [-0.4, -0.2) is 12.3 Å². The second-order valence-electron chi connectivity index (χ2n) is 5.96. The maximum absolute atomic E-state index is 5.68. The van der Waals surface area contributed by atoms with Gasteiger partial charge in [0.2, 0.25) is 0 Å². The summed E-state index contributed by atoms with van der Waals surface area (Å²) in [6.07, 6.45) is 11.5. The van der Waals surface area contributed by atoms with E-state index in [1.165, 1.54) is 61.9 Å². The van der Waals surface area contributed by atoms with Gasteiger partial charge in [-0.1, -0.05) is 38.2 Å². The van der Waals surface area contributed by atoms with Crippen LogP contribution in [0.5, 0.6) is 0 Å². The van der Waals surface area contributed by atoms with Crippen molar-refractivity contribution in [2.45, 2.75) is 78.6 Å². The first-order valence-corrected chi connectivity index (χ1v) is 8.12. The molecular weight excluding hydrogens is 232 g/mol. The fourth-order valence-electron chi connectivity index (χ4n) is 2.43. The molecule has 0 aliphatic heterocycles. The predicted molar refractivity (Wildman–Crippen MR) is 85.6 cm³/mol. The lowest BCUT2D eigenvalue weighted by Gasteiger charge is -2.09. The van der Waals surface area contributed by atoms with E-state index in [1.54, 1.807) is 0 Å². The average Bonchev–Trinajstić information content (AvgIpc) is 3.21. The Balaban J connectivity index is 2.49. The first-order valence-electron chi connectivity index (χ1n) is 8.12. The zero-order chi connectivity index (χ0) is 14.1. The van der Waals surface area contributed by atoms with Gasteiger partial charge in [-0.05, 0) is 58.4 Å². The molecule has 1 rings (SSSR count). The van der Waals surface area contributed by atoms with E-state index in [0.29, 0.717) is 0 Å². The zero-order valence-electron chi connectivity index (χ0n) is 13.2. The van der Waals surface area contributed by atoms with Crippen LogP contribution in [0.3, 0.4) is 0 Å². The molecule has 0 bridgehead atoms. The molecule has 0 heterocycles. The molecule has 2 heteroatoms. The summed E-state index contributed by atoms with van der Waals surface area (Å²) in [6, 6.07) is 0. The highest BCUT2D eigenvalue weighted by atomic mass is 14.8. The van der Waals surface area contributed by atoms with E-state index in [9.17, 15) is 0 Å². The Kier molecular flexibility index (Phi) is 8.04. The molecule has 0 radical (unpaired) electrons. The standard InChI is InChI=1S/C17H32N2/c1-4-5-6-7-8-9-17(14(2)12-13-18)19-15(3)16-10-11-16/h16H,4-13,18H2,1-3H3/b17-14+,19-15+. The molecule has 19 heavy (non-hydrogen) atoms. The van der Waals surface area contributed by atoms with Gasteiger partial charge < -0.3 is 5.73 Å². The summed E-state index contributed by atoms with van der Waals surface area (Å²) in [5.74, 6) is 0.778. The highest BCUT2D eigenvalue weighted by Crippen LogP contribution is 2.31. The maximum Gasteiger partial charge on any atom is 0.0392 e. The lowest BCUT2D eigenvalue weighted by molar-refractivity contribution is 0.626. The van der Waals surface area contributed by atoms with E-state index >= 15 is 0 Å². The molecule has 0 spiro atoms. The number of nitrogens with zero attached hydrogens (tertiary/aromatic N) is 1. The fourth-order valence-corrected chi connectivity index (χ4v) is 2.43. The minimum absolute atomic E-state index is 0.739. The summed E-state index contributed by atoms with van der Waals surface area (Å²) >= 11 is 0. The first-order chi connectivity index (χ1) is 9.19. The van der Waals surface area contributed by atoms with E-state index < -0.39 is 0 Å². The average molecular weight is 264 g/mol. The highest BCUT2D eigenvalue weighted by Gasteiger charge is 2.24. The largest absolute Gasteiger partial charge is 0.330 e. The third kappa shape index (κ3) is 6.91. The number of nitrogens with two attached hydrogens (primary N) is 1. The first kappa shape index (κ1) is 16.4. The van der Waals surface area contributed by atoms with E-state index in [4.69, 9.17) is 10.7 Å². The fraction of sp³-hybridized carbons (Fsp3) is 0.824. The third-order valence-electron chi connectivity index (χ3n) is 4.01. The molecule has 0 aromatic carbocycles. The van der Waals surface area contributed by atoms with E-state index in [1.807, 2.05) is 0 Å². The molecule has 1 aliphatic rings. The molecule has 2 nitrogen and oxygen atoms in total. The molecule has 110 valence electrons. The lowest BCUT2D eigenvalue weighted by Crippen LogP contribution is -2.02. The van der Waals surface area contributed by atoms with Gasteiger partial charge in [0, 0.05) is 11.4 Å². The number of aliphatic imine (C=N–C) groups is 1. The summed E-state index contributed by atoms with van der Waals surface area (Å²) in [6.45, 7) is 7.41. The normalized spacial score (nSPS) is 17.6. The van der Waals surface area contributed by atoms with Crippen molar-refractivity contribution in [1.29, 1.82) is 0 Å². The topological polar surface area (TPSA) is 38.4 Å². The summed E-state index contributed by atoms with van der Waals surface area (Å²) in [4.78, 5) is 4.92. The van der Waals surface area contributed by atoms with Crippen LogP contribution >= 0.6 is 0 Å². The van der Waals surface area contributed by atoms with Crippen molar-refractivity contribution >= 4 is 5.71 Å². The van der Waals surface area contributed by atoms with Crippen LogP contribution in [0.2, 0.25) is 0 Å². The number of allylic oxidation sites excluding steroid dienone is 1. The SMILES string of the molecule is CCCCCCCC(/N=C(\C)C1CC1)=C(/C)CCN. The quantitative estimate of drug-likeness (QED) is 0.445. The second-order valence-corrected chi connectivity index (χ2v) is 5.96. The van der Waals surface area contributed by atoms with Gasteiger partial charge in [0.25, 0.3) is 0 Å². The number of hydrogen-bond acceptors (Lipinski definition) is 2. The van der Waals surface area contributed by atoms with Crippen LogP contribution < -0.4 is 5.73 Å². The molecule has 0 atom stereocenters. The van der Waals surface area contributed by atoms with Crippen molar-refractivity contribution in [3.05, 3.63) is 11.3 Å². The Morgan fingerprint density at radius 3 is 2.32 bits per heavy atom. The summed E-state index contributed by atoms with van der Waals surface area (Å²) in [5.41, 5.74) is 9.76. The summed E-state index contributed by atoms with van der Waals surface area (Å²) in [5, 5.41) is 0. The molecule has 0 saturated heterocycles. The predicted octanol–water partition coefficient (Wildman–Crippen LogP) is 4.84. The maximum atomic E-state index is 5.68. The molecule has 2 N–H and O–H groups in total. The Morgan fingerprint density at radius 1 is 1.05 bits per heavy atom. The van der Waals surface area contributed by atoms with Crippen molar-refractivity contribution < 1.29 is 0 Å². The minimum atomic E-state index is 0.739. The van der Waals surface area contributed by atoms with Gasteiger partial charge in [0.1, 0.15) is 0 Å². The smallest absolute Gasteiger partial charge is 0.0392 e. The van der Waals surface area contributed by atoms with Gasteiger partial charge in [-0.3, -0.25) is 4.99 Å². The van der Waals surface area contributed by atoms with Crippen LogP contribution in [-0.2, 0) is 0 Å². The van der Waals surface area contributed by atoms with Gasteiger partial charge >= 0.3 is 0 Å². The van der Waals surface area contributed by atoms with Crippen LogP contribution in [0.1, 0.15) is 78.6 Å². The van der Waals surface area contributed by atoms with Gasteiger partial charge in [-0.25, -0.2) is 0 Å². The second kappa shape index (κ2) is 9.30. The highest BCUT2D eigenvalue weighted by molar-refractivity contribution is 5.87. The Labute approximate surface area is 119 Å². The van der Waals surface area contributed by atoms with Gasteiger partial charge in [0.05, 0.1) is 0 Å². The van der Waals surface area contributed by atoms with Gasteiger partial charge in [-0.2, -0.15) is 0 Å². The van der Waals surface area contributed by atoms with Crippen molar-refractivity contribution in [3.63, 3.8) is 0 Å². The van der Waals surface area contributed by atoms with Crippen molar-refractivity contribution in [2.24, 2.45) is 16.6 Å². The molecule has 0 unspecified atom stereocenters. The van der Waals surface area contributed by atoms with Crippen LogP contribution in [0, 0.1) is 5.92 Å². The van der Waals surface area contributed by atoms with E-state index in [2.05, 4.69) is 20.8 Å². The molecule has 0 aromatic rings. The summed E-state index contributed by atoms with van der Waals surface area (Å²) < 4.78 is 0. The van der Waals surface area contributed by atoms with Crippen LogP contribution in [0.15, 0.2) is 16.3 Å². The Hall–Kier alpha value is -0.630. The Morgan fingerprint density at radius 2 is 1.74 bits per heavy atom. The van der Waals surface area contributed by atoms with E-state index in [-0.39, 0.29) is 0 Å². The van der Waals surface area contributed by atoms with Crippen molar-refractivity contribution in [2.75, 3.05) is 6.54 Å². The molecule has 0 amide bonds. The van der Waals surface area contributed by atoms with Gasteiger partial charge in [-0.15, -0.1) is 0 Å². The van der Waals surface area contributed by atoms with Crippen molar-refractivity contribution in [3.8, 4) is 0 Å². The molecule has 1 fully saturated rings. The molecule has 1 aliphatic carbocycles. The lowest BCUT2D eigenvalue weighted by atomic mass is 10.0. The number of rotatable bonds is 10. The molecule has 0 aromatic heterocycles. The van der Waals surface area contributed by atoms with Crippen LogP contribution in [0.25, 0.3) is 0 Å². The minimum Gasteiger partial charge on any atom is -0.330 e. The van der Waals surface area contributed by atoms with Crippen molar-refractivity contribution in [1.82, 2.24) is 0 Å². The number of unbranched alkanes of at least 4 members (excludes halogenated alkanes) is 4. The summed E-state index contributed by atoms with van der Waals surface area (Å²) in [7, 11) is 0. The Bertz CT molecular complexity index is 311. The van der Waals surface area contributed by atoms with E-state index in [0.717, 1.165) is 25.3 Å². The molecular formula is C17H32N2. The zero-order valence-corrected chi connectivity index (χ0v) is 13.2.